The lowest BCUT2D eigenvalue weighted by molar-refractivity contribution is -0.00427. The second-order valence-corrected chi connectivity index (χ2v) is 8.68. The van der Waals surface area contributed by atoms with E-state index < -0.39 is 0 Å². The molecule has 1 N–H and O–H groups in total. The monoisotopic (exact) mass is 409 g/mol. The zero-order valence-corrected chi connectivity index (χ0v) is 17.1. The predicted molar refractivity (Wildman–Crippen MR) is 120 cm³/mol. The molecule has 154 valence electrons. The Hall–Kier alpha value is -3.44. The number of fused-ring (bicyclic) bond motifs is 2. The molecule has 1 aliphatic carbocycles. The lowest BCUT2D eigenvalue weighted by atomic mass is 9.74. The number of aliphatic hydroxyl groups is 1. The predicted octanol–water partition coefficient (Wildman–Crippen LogP) is 4.15. The van der Waals surface area contributed by atoms with Crippen molar-refractivity contribution in [1.82, 2.24) is 14.7 Å². The van der Waals surface area contributed by atoms with Gasteiger partial charge >= 0.3 is 0 Å². The molecule has 1 aliphatic heterocycles. The van der Waals surface area contributed by atoms with Crippen LogP contribution in [0.4, 0.5) is 0 Å². The molecular weight excluding hydrogens is 386 g/mol. The zero-order valence-electron chi connectivity index (χ0n) is 17.1. The first-order valence-corrected chi connectivity index (χ1v) is 10.8. The first-order chi connectivity index (χ1) is 15.2. The van der Waals surface area contributed by atoms with Crippen LogP contribution in [0.3, 0.4) is 0 Å². The van der Waals surface area contributed by atoms with Crippen LogP contribution < -0.4 is 0 Å². The van der Waals surface area contributed by atoms with Crippen molar-refractivity contribution in [2.45, 2.75) is 12.5 Å². The van der Waals surface area contributed by atoms with Crippen molar-refractivity contribution in [3.05, 3.63) is 84.7 Å². The van der Waals surface area contributed by atoms with Gasteiger partial charge in [0.05, 0.1) is 11.8 Å². The van der Waals surface area contributed by atoms with Crippen LogP contribution in [0.5, 0.6) is 0 Å². The molecule has 4 aromatic rings. The minimum Gasteiger partial charge on any atom is -0.393 e. The number of hydrogen-bond acceptors (Lipinski definition) is 3. The number of aliphatic hydroxyl groups excluding tert-OH is 1. The molecule has 31 heavy (non-hydrogen) atoms. The maximum absolute atomic E-state index is 13.1. The lowest BCUT2D eigenvalue weighted by Gasteiger charge is -2.34. The topological polar surface area (TPSA) is 58.4 Å². The average Bonchev–Trinajstić information content (AvgIpc) is 3.46. The number of carbonyl (C=O) groups excluding carboxylic acids is 1. The van der Waals surface area contributed by atoms with Crippen LogP contribution in [0.1, 0.15) is 16.8 Å². The number of rotatable bonds is 3. The van der Waals surface area contributed by atoms with Gasteiger partial charge in [-0.3, -0.25) is 4.79 Å². The van der Waals surface area contributed by atoms with E-state index in [4.69, 9.17) is 0 Å². The van der Waals surface area contributed by atoms with Crippen LogP contribution in [0.15, 0.2) is 79.1 Å². The van der Waals surface area contributed by atoms with E-state index in [-0.39, 0.29) is 17.9 Å². The van der Waals surface area contributed by atoms with Crippen LogP contribution >= 0.6 is 0 Å². The summed E-state index contributed by atoms with van der Waals surface area (Å²) >= 11 is 0. The lowest BCUT2D eigenvalue weighted by Crippen LogP contribution is -2.39. The SMILES string of the molecule is O=C(c1ccc2c(-c3ccc(-n4cccn4)cc3)cccc2c1)N1C[C@@H]2C[C@@H](O)[C@@H]2C1. The molecule has 2 aliphatic rings. The fourth-order valence-corrected chi connectivity index (χ4v) is 5.10. The highest BCUT2D eigenvalue weighted by Gasteiger charge is 2.47. The summed E-state index contributed by atoms with van der Waals surface area (Å²) in [6.45, 7) is 1.44. The molecule has 0 unspecified atom stereocenters. The molecule has 2 heterocycles. The molecule has 5 nitrogen and oxygen atoms in total. The molecule has 0 spiro atoms. The van der Waals surface area contributed by atoms with Crippen molar-refractivity contribution in [1.29, 1.82) is 0 Å². The molecule has 3 atom stereocenters. The molecule has 5 heteroatoms. The molecule has 0 bridgehead atoms. The number of likely N-dealkylation sites (tertiary alicyclic amines) is 1. The van der Waals surface area contributed by atoms with Crippen LogP contribution in [0.2, 0.25) is 0 Å². The molecule has 1 saturated carbocycles. The van der Waals surface area contributed by atoms with E-state index in [9.17, 15) is 9.90 Å². The van der Waals surface area contributed by atoms with Gasteiger partial charge in [0.25, 0.3) is 5.91 Å². The van der Waals surface area contributed by atoms with E-state index in [1.165, 1.54) is 0 Å². The molecule has 6 rings (SSSR count). The maximum atomic E-state index is 13.1. The molecule has 2 fully saturated rings. The van der Waals surface area contributed by atoms with Crippen molar-refractivity contribution in [3.63, 3.8) is 0 Å². The van der Waals surface area contributed by atoms with Crippen molar-refractivity contribution in [2.75, 3.05) is 13.1 Å². The first-order valence-electron chi connectivity index (χ1n) is 10.8. The second-order valence-electron chi connectivity index (χ2n) is 8.68. The number of amides is 1. The van der Waals surface area contributed by atoms with Crippen LogP contribution in [-0.2, 0) is 0 Å². The third-order valence-electron chi connectivity index (χ3n) is 6.89. The highest BCUT2D eigenvalue weighted by molar-refractivity contribution is 6.02. The summed E-state index contributed by atoms with van der Waals surface area (Å²) in [5.41, 5.74) is 4.01. The van der Waals surface area contributed by atoms with Crippen molar-refractivity contribution in [2.24, 2.45) is 11.8 Å². The number of benzene rings is 3. The Morgan fingerprint density at radius 1 is 1.00 bits per heavy atom. The third kappa shape index (κ3) is 3.04. The van der Waals surface area contributed by atoms with Gasteiger partial charge in [-0.1, -0.05) is 36.4 Å². The Kier molecular flexibility index (Phi) is 4.18. The van der Waals surface area contributed by atoms with Gasteiger partial charge in [0.15, 0.2) is 0 Å². The van der Waals surface area contributed by atoms with Gasteiger partial charge in [-0.05, 0) is 64.6 Å². The number of hydrogen-bond donors (Lipinski definition) is 1. The van der Waals surface area contributed by atoms with Crippen LogP contribution in [0, 0.1) is 11.8 Å². The van der Waals surface area contributed by atoms with E-state index >= 15 is 0 Å². The zero-order chi connectivity index (χ0) is 20.9. The summed E-state index contributed by atoms with van der Waals surface area (Å²) in [6, 6.07) is 22.5. The third-order valence-corrected chi connectivity index (χ3v) is 6.89. The molecule has 1 saturated heterocycles. The largest absolute Gasteiger partial charge is 0.393 e. The number of aromatic nitrogens is 2. The van der Waals surface area contributed by atoms with Gasteiger partial charge < -0.3 is 10.0 Å². The van der Waals surface area contributed by atoms with Gasteiger partial charge in [-0.2, -0.15) is 5.10 Å². The quantitative estimate of drug-likeness (QED) is 0.553. The van der Waals surface area contributed by atoms with Gasteiger partial charge in [-0.15, -0.1) is 0 Å². The van der Waals surface area contributed by atoms with Crippen LogP contribution in [0.25, 0.3) is 27.6 Å². The van der Waals surface area contributed by atoms with E-state index in [0.29, 0.717) is 12.5 Å². The Morgan fingerprint density at radius 2 is 1.87 bits per heavy atom. The Bertz CT molecular complexity index is 1260. The Balaban J connectivity index is 1.30. The van der Waals surface area contributed by atoms with Crippen LogP contribution in [-0.4, -0.2) is 44.9 Å². The summed E-state index contributed by atoms with van der Waals surface area (Å²) in [7, 11) is 0. The summed E-state index contributed by atoms with van der Waals surface area (Å²) in [6.07, 6.45) is 4.29. The average molecular weight is 409 g/mol. The fraction of sp³-hybridized carbons (Fsp3) is 0.231. The van der Waals surface area contributed by atoms with E-state index in [1.54, 1.807) is 6.20 Å². The fourth-order valence-electron chi connectivity index (χ4n) is 5.10. The Morgan fingerprint density at radius 3 is 2.61 bits per heavy atom. The van der Waals surface area contributed by atoms with Gasteiger partial charge in [0.1, 0.15) is 0 Å². The second kappa shape index (κ2) is 7.06. The van der Waals surface area contributed by atoms with Crippen molar-refractivity contribution in [3.8, 4) is 16.8 Å². The first kappa shape index (κ1) is 18.3. The molecular formula is C26H23N3O2. The highest BCUT2D eigenvalue weighted by atomic mass is 16.3. The Labute approximate surface area is 180 Å². The molecule has 0 radical (unpaired) electrons. The van der Waals surface area contributed by atoms with E-state index in [1.807, 2.05) is 40.0 Å². The normalized spacial score (nSPS) is 22.4. The highest BCUT2D eigenvalue weighted by Crippen LogP contribution is 2.41. The maximum Gasteiger partial charge on any atom is 0.253 e. The summed E-state index contributed by atoms with van der Waals surface area (Å²) in [5, 5.41) is 16.4. The van der Waals surface area contributed by atoms with Crippen molar-refractivity contribution < 1.29 is 9.90 Å². The standard InChI is InChI=1S/C26H23N3O2/c30-25-14-20-15-28(16-24(20)25)26(31)19-7-10-23-18(13-19)3-1-4-22(23)17-5-8-21(9-6-17)29-12-2-11-27-29/h1-13,20,24-25,30H,14-16H2/t20-,24+,25+/m0/s1. The van der Waals surface area contributed by atoms with Gasteiger partial charge in [0.2, 0.25) is 0 Å². The molecule has 1 amide bonds. The van der Waals surface area contributed by atoms with Gasteiger partial charge in [0, 0.05) is 37.0 Å². The van der Waals surface area contributed by atoms with Gasteiger partial charge in [-0.25, -0.2) is 4.68 Å². The van der Waals surface area contributed by atoms with Crippen molar-refractivity contribution >= 4 is 16.7 Å². The summed E-state index contributed by atoms with van der Waals surface area (Å²) < 4.78 is 1.84. The minimum absolute atomic E-state index is 0.0671. The summed E-state index contributed by atoms with van der Waals surface area (Å²) in [4.78, 5) is 15.0. The summed E-state index contributed by atoms with van der Waals surface area (Å²) in [5.74, 6) is 0.800. The smallest absolute Gasteiger partial charge is 0.253 e. The molecule has 1 aromatic heterocycles. The minimum atomic E-state index is -0.235. The molecule has 3 aromatic carbocycles. The number of nitrogens with zero attached hydrogens (tertiary/aromatic N) is 3. The number of carbonyl (C=O) groups is 1. The van der Waals surface area contributed by atoms with E-state index in [2.05, 4.69) is 47.6 Å². The van der Waals surface area contributed by atoms with E-state index in [0.717, 1.165) is 46.1 Å².